The van der Waals surface area contributed by atoms with Crippen molar-refractivity contribution in [2.75, 3.05) is 47.1 Å². The zero-order valence-corrected chi connectivity index (χ0v) is 36.8. The summed E-state index contributed by atoms with van der Waals surface area (Å²) in [7, 11) is 3.17. The van der Waals surface area contributed by atoms with Gasteiger partial charge in [0.15, 0.2) is 5.60 Å². The van der Waals surface area contributed by atoms with Gasteiger partial charge < -0.3 is 38.1 Å². The standard InChI is InChI=1S/C44H53Cl3N2O10/c1-42(2,3)58-40(51)48-25-32-24-34(29-17-19-33(20-18-29)56-22-12-21-55-27-31-14-9-11-16-38(31)54-7)35(28-57-39(50)23-30-13-8-10-15-37(30)53-6)36(26-48)49(32)41(52)59-43(4,5)44(45,46)47/h8-11,13-20,32,36H,12,21-28H2,1-7H3. The second kappa shape index (κ2) is 19.8. The van der Waals surface area contributed by atoms with E-state index in [2.05, 4.69) is 0 Å². The van der Waals surface area contributed by atoms with Crippen molar-refractivity contribution >= 4 is 58.5 Å². The molecule has 2 aliphatic rings. The summed E-state index contributed by atoms with van der Waals surface area (Å²) in [5.41, 5.74) is 1.65. The van der Waals surface area contributed by atoms with Crippen molar-refractivity contribution in [1.82, 2.24) is 9.80 Å². The molecule has 2 aliphatic heterocycles. The summed E-state index contributed by atoms with van der Waals surface area (Å²) < 4.78 is 38.4. The number of halogens is 3. The van der Waals surface area contributed by atoms with Crippen LogP contribution in [0.1, 0.15) is 64.2 Å². The Kier molecular flexibility index (Phi) is 15.3. The normalized spacial score (nSPS) is 17.0. The van der Waals surface area contributed by atoms with Crippen molar-refractivity contribution < 1.29 is 47.5 Å². The molecule has 0 N–H and O–H groups in total. The Hall–Kier alpha value is -4.36. The zero-order valence-electron chi connectivity index (χ0n) is 34.6. The molecule has 2 atom stereocenters. The number of ether oxygens (including phenoxy) is 7. The fourth-order valence-electron chi connectivity index (χ4n) is 6.87. The van der Waals surface area contributed by atoms with Gasteiger partial charge in [-0.3, -0.25) is 9.69 Å². The molecule has 3 aromatic rings. The number of fused-ring (bicyclic) bond motifs is 2. The lowest BCUT2D eigenvalue weighted by Crippen LogP contribution is -2.65. The van der Waals surface area contributed by atoms with Crippen molar-refractivity contribution in [3.8, 4) is 17.2 Å². The summed E-state index contributed by atoms with van der Waals surface area (Å²) in [5, 5.41) is 0. The van der Waals surface area contributed by atoms with Crippen LogP contribution < -0.4 is 14.2 Å². The minimum Gasteiger partial charge on any atom is -0.496 e. The van der Waals surface area contributed by atoms with E-state index in [4.69, 9.17) is 68.0 Å². The number of piperazine rings is 1. The van der Waals surface area contributed by atoms with Crippen molar-refractivity contribution in [3.05, 3.63) is 95.1 Å². The van der Waals surface area contributed by atoms with Crippen LogP contribution in [0.4, 0.5) is 9.59 Å². The predicted molar refractivity (Wildman–Crippen MR) is 226 cm³/mol. The highest BCUT2D eigenvalue weighted by Crippen LogP contribution is 2.43. The highest BCUT2D eigenvalue weighted by Gasteiger charge is 2.51. The number of benzene rings is 3. The second-order valence-corrected chi connectivity index (χ2v) is 18.1. The number of alkyl halides is 3. The molecule has 0 radical (unpaired) electrons. The van der Waals surface area contributed by atoms with Gasteiger partial charge in [0.25, 0.3) is 0 Å². The Morgan fingerprint density at radius 3 is 2.00 bits per heavy atom. The molecule has 15 heteroatoms. The highest BCUT2D eigenvalue weighted by atomic mass is 35.6. The van der Waals surface area contributed by atoms with Crippen LogP contribution in [0.2, 0.25) is 0 Å². The largest absolute Gasteiger partial charge is 0.496 e. The molecule has 0 aromatic heterocycles. The van der Waals surface area contributed by atoms with Gasteiger partial charge in [-0.05, 0) is 82.0 Å². The number of carbonyl (C=O) groups excluding carboxylic acids is 3. The number of methoxy groups -OCH3 is 2. The van der Waals surface area contributed by atoms with E-state index in [9.17, 15) is 14.4 Å². The van der Waals surface area contributed by atoms with Gasteiger partial charge in [0.05, 0.1) is 52.5 Å². The Morgan fingerprint density at radius 2 is 1.37 bits per heavy atom. The third kappa shape index (κ3) is 12.1. The number of esters is 1. The number of hydrogen-bond donors (Lipinski definition) is 0. The first kappa shape index (κ1) is 45.7. The molecule has 1 fully saturated rings. The van der Waals surface area contributed by atoms with Gasteiger partial charge in [-0.1, -0.05) is 83.3 Å². The van der Waals surface area contributed by atoms with Crippen LogP contribution in [0.25, 0.3) is 5.57 Å². The molecule has 0 saturated carbocycles. The molecule has 2 amide bonds. The fraction of sp³-hybridized carbons (Fsp3) is 0.477. The summed E-state index contributed by atoms with van der Waals surface area (Å²) in [4.78, 5) is 44.2. The summed E-state index contributed by atoms with van der Waals surface area (Å²) in [5.74, 6) is 1.49. The van der Waals surface area contributed by atoms with Crippen molar-refractivity contribution in [3.63, 3.8) is 0 Å². The van der Waals surface area contributed by atoms with Crippen LogP contribution in [0.15, 0.2) is 78.4 Å². The molecular formula is C44H53Cl3N2O10. The second-order valence-electron chi connectivity index (χ2n) is 15.8. The maximum Gasteiger partial charge on any atom is 0.411 e. The fourth-order valence-corrected chi connectivity index (χ4v) is 6.98. The third-order valence-corrected chi connectivity index (χ3v) is 11.3. The van der Waals surface area contributed by atoms with Gasteiger partial charge in [0.2, 0.25) is 3.79 Å². The summed E-state index contributed by atoms with van der Waals surface area (Å²) in [6, 6.07) is 21.2. The molecule has 1 saturated heterocycles. The average Bonchev–Trinajstić information content (AvgIpc) is 3.17. The number of carbonyl (C=O) groups is 3. The number of amides is 2. The van der Waals surface area contributed by atoms with Crippen LogP contribution in [-0.2, 0) is 36.8 Å². The first-order chi connectivity index (χ1) is 27.9. The van der Waals surface area contributed by atoms with E-state index in [0.717, 1.165) is 22.4 Å². The van der Waals surface area contributed by atoms with Crippen LogP contribution in [0.5, 0.6) is 17.2 Å². The summed E-state index contributed by atoms with van der Waals surface area (Å²) in [6.45, 7) is 9.72. The van der Waals surface area contributed by atoms with Gasteiger partial charge in [0.1, 0.15) is 29.5 Å². The third-order valence-electron chi connectivity index (χ3n) is 9.94. The summed E-state index contributed by atoms with van der Waals surface area (Å²) in [6.07, 6.45) is -0.379. The molecular weight excluding hydrogens is 823 g/mol. The van der Waals surface area contributed by atoms with Gasteiger partial charge in [0, 0.05) is 30.6 Å². The SMILES string of the molecule is COc1ccccc1COCCCOc1ccc(C2=C(COC(=O)Cc3ccccc3OC)C3CN(C(=O)OC(C)(C)C)CC(C2)N3C(=O)OC(C)(C)C(Cl)(Cl)Cl)cc1. The van der Waals surface area contributed by atoms with E-state index in [-0.39, 0.29) is 32.5 Å². The molecule has 0 aliphatic carbocycles. The quantitative estimate of drug-likeness (QED) is 0.0633. The average molecular weight is 876 g/mol. The first-order valence-electron chi connectivity index (χ1n) is 19.4. The van der Waals surface area contributed by atoms with E-state index in [1.807, 2.05) is 60.7 Å². The predicted octanol–water partition coefficient (Wildman–Crippen LogP) is 9.21. The van der Waals surface area contributed by atoms with Gasteiger partial charge in [-0.2, -0.15) is 0 Å². The van der Waals surface area contributed by atoms with E-state index in [1.165, 1.54) is 21.0 Å². The zero-order chi connectivity index (χ0) is 43.0. The molecule has 12 nitrogen and oxygen atoms in total. The Balaban J connectivity index is 1.40. The van der Waals surface area contributed by atoms with E-state index < -0.39 is 45.2 Å². The molecule has 2 heterocycles. The number of hydrogen-bond acceptors (Lipinski definition) is 10. The van der Waals surface area contributed by atoms with Gasteiger partial charge in [-0.15, -0.1) is 0 Å². The van der Waals surface area contributed by atoms with Crippen molar-refractivity contribution in [2.45, 2.75) is 87.6 Å². The smallest absolute Gasteiger partial charge is 0.411 e. The molecule has 5 rings (SSSR count). The maximum atomic E-state index is 14.1. The van der Waals surface area contributed by atoms with Crippen LogP contribution in [0, 0.1) is 0 Å². The molecule has 3 aromatic carbocycles. The van der Waals surface area contributed by atoms with Crippen molar-refractivity contribution in [1.29, 1.82) is 0 Å². The molecule has 59 heavy (non-hydrogen) atoms. The number of rotatable bonds is 15. The van der Waals surface area contributed by atoms with Crippen LogP contribution >= 0.6 is 34.8 Å². The van der Waals surface area contributed by atoms with Crippen LogP contribution in [0.3, 0.4) is 0 Å². The molecule has 320 valence electrons. The number of para-hydroxylation sites is 2. The molecule has 2 unspecified atom stereocenters. The Bertz CT molecular complexity index is 1960. The van der Waals surface area contributed by atoms with E-state index in [1.54, 1.807) is 49.8 Å². The number of nitrogens with zero attached hydrogens (tertiary/aromatic N) is 2. The van der Waals surface area contributed by atoms with Crippen LogP contribution in [-0.4, -0.2) is 102 Å². The van der Waals surface area contributed by atoms with Crippen molar-refractivity contribution in [2.24, 2.45) is 0 Å². The van der Waals surface area contributed by atoms with E-state index in [0.29, 0.717) is 48.9 Å². The molecule has 0 spiro atoms. The summed E-state index contributed by atoms with van der Waals surface area (Å²) >= 11 is 18.7. The minimum atomic E-state index is -1.94. The topological polar surface area (TPSA) is 122 Å². The minimum absolute atomic E-state index is 0.0257. The lowest BCUT2D eigenvalue weighted by Gasteiger charge is -2.51. The van der Waals surface area contributed by atoms with Gasteiger partial charge in [-0.25, -0.2) is 9.59 Å². The van der Waals surface area contributed by atoms with E-state index >= 15 is 0 Å². The van der Waals surface area contributed by atoms with Gasteiger partial charge >= 0.3 is 18.2 Å². The lowest BCUT2D eigenvalue weighted by molar-refractivity contribution is -0.142. The Morgan fingerprint density at radius 1 is 0.746 bits per heavy atom. The lowest BCUT2D eigenvalue weighted by atomic mass is 9.82. The first-order valence-corrected chi connectivity index (χ1v) is 20.5. The monoisotopic (exact) mass is 874 g/mol. The Labute approximate surface area is 361 Å². The molecule has 2 bridgehead atoms. The highest BCUT2D eigenvalue weighted by molar-refractivity contribution is 6.68. The maximum absolute atomic E-state index is 14.1.